The van der Waals surface area contributed by atoms with Crippen LogP contribution in [0.2, 0.25) is 0 Å². The van der Waals surface area contributed by atoms with E-state index in [0.29, 0.717) is 11.1 Å². The van der Waals surface area contributed by atoms with Crippen LogP contribution in [0.4, 0.5) is 0 Å². The molecule has 0 saturated heterocycles. The first-order valence-corrected chi connectivity index (χ1v) is 7.87. The van der Waals surface area contributed by atoms with Crippen molar-refractivity contribution in [3.8, 4) is 0 Å². The van der Waals surface area contributed by atoms with Crippen molar-refractivity contribution in [2.75, 3.05) is 0 Å². The van der Waals surface area contributed by atoms with Crippen LogP contribution < -0.4 is 11.1 Å². The Morgan fingerprint density at radius 3 is 2.16 bits per heavy atom. The Kier molecular flexibility index (Phi) is 4.77. The predicted octanol–water partition coefficient (Wildman–Crippen LogP) is 2.22. The van der Waals surface area contributed by atoms with E-state index in [4.69, 9.17) is 5.73 Å². The molecule has 3 rings (SSSR count). The molecule has 126 valence electrons. The van der Waals surface area contributed by atoms with Crippen LogP contribution in [0.5, 0.6) is 0 Å². The van der Waals surface area contributed by atoms with E-state index in [1.54, 1.807) is 42.5 Å². The SMILES string of the molecule is NC(=O)C(NC(=O)[C@H](O)c1ccccc1)c1ccc2ccccc2c1. The van der Waals surface area contributed by atoms with E-state index in [9.17, 15) is 14.7 Å². The molecule has 0 radical (unpaired) electrons. The molecule has 2 atom stereocenters. The largest absolute Gasteiger partial charge is 0.378 e. The van der Waals surface area contributed by atoms with Crippen LogP contribution in [0, 0.1) is 0 Å². The molecular weight excluding hydrogens is 316 g/mol. The maximum absolute atomic E-state index is 12.3. The molecule has 5 nitrogen and oxygen atoms in total. The van der Waals surface area contributed by atoms with E-state index in [1.165, 1.54) is 0 Å². The van der Waals surface area contributed by atoms with Gasteiger partial charge in [0.2, 0.25) is 5.91 Å². The van der Waals surface area contributed by atoms with E-state index in [1.807, 2.05) is 30.3 Å². The van der Waals surface area contributed by atoms with Gasteiger partial charge in [0, 0.05) is 0 Å². The van der Waals surface area contributed by atoms with Gasteiger partial charge in [0.15, 0.2) is 6.10 Å². The molecule has 0 aromatic heterocycles. The fourth-order valence-corrected chi connectivity index (χ4v) is 2.71. The van der Waals surface area contributed by atoms with Crippen molar-refractivity contribution in [1.82, 2.24) is 5.32 Å². The molecule has 0 aliphatic rings. The highest BCUT2D eigenvalue weighted by Gasteiger charge is 2.25. The third kappa shape index (κ3) is 3.67. The van der Waals surface area contributed by atoms with Gasteiger partial charge >= 0.3 is 0 Å². The van der Waals surface area contributed by atoms with Gasteiger partial charge in [-0.3, -0.25) is 9.59 Å². The zero-order valence-corrected chi connectivity index (χ0v) is 13.4. The number of rotatable bonds is 5. The third-order valence-corrected chi connectivity index (χ3v) is 4.04. The summed E-state index contributed by atoms with van der Waals surface area (Å²) in [4.78, 5) is 24.2. The van der Waals surface area contributed by atoms with Crippen molar-refractivity contribution in [2.45, 2.75) is 12.1 Å². The minimum Gasteiger partial charge on any atom is -0.378 e. The number of primary amides is 1. The maximum Gasteiger partial charge on any atom is 0.254 e. The summed E-state index contributed by atoms with van der Waals surface area (Å²) in [6.45, 7) is 0. The molecule has 5 heteroatoms. The van der Waals surface area contributed by atoms with Gasteiger partial charge < -0.3 is 16.2 Å². The average Bonchev–Trinajstić information content (AvgIpc) is 2.65. The summed E-state index contributed by atoms with van der Waals surface area (Å²) < 4.78 is 0. The Morgan fingerprint density at radius 1 is 0.840 bits per heavy atom. The highest BCUT2D eigenvalue weighted by Crippen LogP contribution is 2.21. The van der Waals surface area contributed by atoms with Crippen LogP contribution in [0.25, 0.3) is 10.8 Å². The zero-order valence-electron chi connectivity index (χ0n) is 13.4. The van der Waals surface area contributed by atoms with Gasteiger partial charge in [-0.25, -0.2) is 0 Å². The van der Waals surface area contributed by atoms with Crippen LogP contribution >= 0.6 is 0 Å². The van der Waals surface area contributed by atoms with Crippen molar-refractivity contribution in [3.05, 3.63) is 83.9 Å². The number of carbonyl (C=O) groups excluding carboxylic acids is 2. The Balaban J connectivity index is 1.85. The van der Waals surface area contributed by atoms with Gasteiger partial charge in [0.05, 0.1) is 0 Å². The third-order valence-electron chi connectivity index (χ3n) is 4.04. The second-order valence-corrected chi connectivity index (χ2v) is 5.76. The first kappa shape index (κ1) is 16.7. The summed E-state index contributed by atoms with van der Waals surface area (Å²) in [5.74, 6) is -1.37. The molecule has 2 amide bonds. The molecule has 0 aliphatic carbocycles. The lowest BCUT2D eigenvalue weighted by atomic mass is 10.0. The topological polar surface area (TPSA) is 92.4 Å². The lowest BCUT2D eigenvalue weighted by Gasteiger charge is -2.19. The molecule has 1 unspecified atom stereocenters. The van der Waals surface area contributed by atoms with E-state index in [-0.39, 0.29) is 0 Å². The fraction of sp³-hybridized carbons (Fsp3) is 0.100. The summed E-state index contributed by atoms with van der Waals surface area (Å²) in [7, 11) is 0. The average molecular weight is 334 g/mol. The molecule has 4 N–H and O–H groups in total. The summed E-state index contributed by atoms with van der Waals surface area (Å²) >= 11 is 0. The van der Waals surface area contributed by atoms with Crippen molar-refractivity contribution in [2.24, 2.45) is 5.73 Å². The van der Waals surface area contributed by atoms with Crippen molar-refractivity contribution in [3.63, 3.8) is 0 Å². The number of fused-ring (bicyclic) bond motifs is 1. The van der Waals surface area contributed by atoms with Crippen LogP contribution in [0.15, 0.2) is 72.8 Å². The monoisotopic (exact) mass is 334 g/mol. The smallest absolute Gasteiger partial charge is 0.254 e. The zero-order chi connectivity index (χ0) is 17.8. The molecule has 0 fully saturated rings. The predicted molar refractivity (Wildman–Crippen MR) is 95.4 cm³/mol. The number of hydrogen-bond acceptors (Lipinski definition) is 3. The van der Waals surface area contributed by atoms with Crippen molar-refractivity contribution in [1.29, 1.82) is 0 Å². The number of nitrogens with two attached hydrogens (primary N) is 1. The standard InChI is InChI=1S/C20H18N2O3/c21-19(24)17(16-11-10-13-6-4-5-9-15(13)12-16)22-20(25)18(23)14-7-2-1-3-8-14/h1-12,17-18,23H,(H2,21,24)(H,22,25)/t17?,18-/m1/s1. The molecule has 3 aromatic rings. The Bertz CT molecular complexity index is 909. The maximum atomic E-state index is 12.3. The number of hydrogen-bond donors (Lipinski definition) is 3. The number of aliphatic hydroxyl groups excluding tert-OH is 1. The van der Waals surface area contributed by atoms with Gasteiger partial charge in [-0.05, 0) is 28.0 Å². The highest BCUT2D eigenvalue weighted by molar-refractivity contribution is 5.91. The minimum absolute atomic E-state index is 0.446. The number of carbonyl (C=O) groups is 2. The molecule has 3 aromatic carbocycles. The van der Waals surface area contributed by atoms with Gasteiger partial charge in [0.1, 0.15) is 6.04 Å². The van der Waals surface area contributed by atoms with Crippen molar-refractivity contribution >= 4 is 22.6 Å². The first-order chi connectivity index (χ1) is 12.1. The van der Waals surface area contributed by atoms with E-state index in [0.717, 1.165) is 10.8 Å². The number of benzene rings is 3. The Hall–Kier alpha value is -3.18. The quantitative estimate of drug-likeness (QED) is 0.668. The summed E-state index contributed by atoms with van der Waals surface area (Å²) in [6.07, 6.45) is -1.37. The van der Waals surface area contributed by atoms with Gasteiger partial charge in [-0.1, -0.05) is 66.7 Å². The molecule has 0 spiro atoms. The second-order valence-electron chi connectivity index (χ2n) is 5.76. The molecule has 0 aliphatic heterocycles. The number of amides is 2. The number of aliphatic hydroxyl groups is 1. The fourth-order valence-electron chi connectivity index (χ4n) is 2.71. The number of nitrogens with one attached hydrogen (secondary N) is 1. The van der Waals surface area contributed by atoms with Gasteiger partial charge in [-0.15, -0.1) is 0 Å². The van der Waals surface area contributed by atoms with E-state index in [2.05, 4.69) is 5.32 Å². The first-order valence-electron chi connectivity index (χ1n) is 7.87. The highest BCUT2D eigenvalue weighted by atomic mass is 16.3. The summed E-state index contributed by atoms with van der Waals surface area (Å²) in [5, 5.41) is 14.7. The molecule has 0 bridgehead atoms. The molecule has 0 saturated carbocycles. The second kappa shape index (κ2) is 7.15. The Labute approximate surface area is 145 Å². The molecule has 25 heavy (non-hydrogen) atoms. The van der Waals surface area contributed by atoms with E-state index < -0.39 is 24.0 Å². The molecule has 0 heterocycles. The van der Waals surface area contributed by atoms with Crippen LogP contribution in [0.3, 0.4) is 0 Å². The van der Waals surface area contributed by atoms with Gasteiger partial charge in [0.25, 0.3) is 5.91 Å². The lowest BCUT2D eigenvalue weighted by molar-refractivity contribution is -0.133. The minimum atomic E-state index is -1.37. The van der Waals surface area contributed by atoms with Crippen molar-refractivity contribution < 1.29 is 14.7 Å². The molecular formula is C20H18N2O3. The summed E-state index contributed by atoms with van der Waals surface area (Å²) in [6, 6.07) is 20.6. The lowest BCUT2D eigenvalue weighted by Crippen LogP contribution is -2.39. The summed E-state index contributed by atoms with van der Waals surface area (Å²) in [5.41, 5.74) is 6.48. The normalized spacial score (nSPS) is 13.2. The van der Waals surface area contributed by atoms with E-state index >= 15 is 0 Å². The van der Waals surface area contributed by atoms with Gasteiger partial charge in [-0.2, -0.15) is 0 Å². The van der Waals surface area contributed by atoms with Crippen LogP contribution in [-0.4, -0.2) is 16.9 Å². The van der Waals surface area contributed by atoms with Crippen LogP contribution in [0.1, 0.15) is 23.3 Å². The van der Waals surface area contributed by atoms with Crippen LogP contribution in [-0.2, 0) is 9.59 Å². The Morgan fingerprint density at radius 2 is 1.48 bits per heavy atom.